The van der Waals surface area contributed by atoms with Crippen molar-refractivity contribution in [1.82, 2.24) is 19.9 Å². The van der Waals surface area contributed by atoms with E-state index < -0.39 is 17.5 Å². The molecule has 0 radical (unpaired) electrons. The van der Waals surface area contributed by atoms with Crippen LogP contribution >= 0.6 is 0 Å². The number of carbonyl (C=O) groups is 1. The molecule has 190 valence electrons. The first-order chi connectivity index (χ1) is 17.9. The summed E-state index contributed by atoms with van der Waals surface area (Å²) >= 11 is 0. The normalized spacial score (nSPS) is 14.0. The third-order valence-corrected chi connectivity index (χ3v) is 6.24. The number of likely N-dealkylation sites (N-methyl/N-ethyl adjacent to an activating group) is 1. The molecule has 1 aromatic heterocycles. The number of aromatic nitrogens is 3. The van der Waals surface area contributed by atoms with E-state index in [1.165, 1.54) is 5.69 Å². The molecular formula is C27H27F2N7O. The zero-order valence-electron chi connectivity index (χ0n) is 20.4. The quantitative estimate of drug-likeness (QED) is 0.394. The minimum atomic E-state index is -0.811. The largest absolute Gasteiger partial charge is 0.379 e. The van der Waals surface area contributed by atoms with Crippen LogP contribution in [0.1, 0.15) is 16.1 Å². The molecule has 1 fully saturated rings. The van der Waals surface area contributed by atoms with Gasteiger partial charge in [0, 0.05) is 54.9 Å². The molecule has 0 bridgehead atoms. The Morgan fingerprint density at radius 2 is 1.62 bits per heavy atom. The van der Waals surface area contributed by atoms with Gasteiger partial charge in [0.2, 0.25) is 0 Å². The first kappa shape index (κ1) is 24.4. The fourth-order valence-corrected chi connectivity index (χ4v) is 4.17. The van der Waals surface area contributed by atoms with Crippen molar-refractivity contribution in [1.29, 1.82) is 0 Å². The molecule has 1 aliphatic heterocycles. The third kappa shape index (κ3) is 6.10. The molecule has 37 heavy (non-hydrogen) atoms. The average Bonchev–Trinajstić information content (AvgIpc) is 3.37. The summed E-state index contributed by atoms with van der Waals surface area (Å²) in [6, 6.07) is 18.0. The Kier molecular flexibility index (Phi) is 7.09. The number of amides is 1. The highest BCUT2D eigenvalue weighted by molar-refractivity contribution is 6.04. The number of nitrogens with zero attached hydrogens (tertiary/aromatic N) is 5. The molecule has 0 unspecified atom stereocenters. The summed E-state index contributed by atoms with van der Waals surface area (Å²) in [6.07, 6.45) is 1.80. The van der Waals surface area contributed by atoms with Crippen LogP contribution in [0.4, 0.5) is 25.8 Å². The van der Waals surface area contributed by atoms with Gasteiger partial charge in [0.05, 0.1) is 18.4 Å². The molecule has 1 aliphatic rings. The van der Waals surface area contributed by atoms with Crippen molar-refractivity contribution in [2.75, 3.05) is 48.8 Å². The Bertz CT molecular complexity index is 1360. The first-order valence-corrected chi connectivity index (χ1v) is 12.0. The van der Waals surface area contributed by atoms with E-state index in [2.05, 4.69) is 62.1 Å². The maximum Gasteiger partial charge on any atom is 0.255 e. The Balaban J connectivity index is 1.19. The Hall–Kier alpha value is -4.31. The van der Waals surface area contributed by atoms with Gasteiger partial charge in [-0.05, 0) is 61.6 Å². The van der Waals surface area contributed by atoms with E-state index in [1.54, 1.807) is 29.1 Å². The van der Waals surface area contributed by atoms with Crippen LogP contribution in [0, 0.1) is 11.6 Å². The predicted molar refractivity (Wildman–Crippen MR) is 139 cm³/mol. The number of anilines is 3. The Morgan fingerprint density at radius 1 is 0.892 bits per heavy atom. The van der Waals surface area contributed by atoms with Gasteiger partial charge in [-0.1, -0.05) is 11.3 Å². The Morgan fingerprint density at radius 3 is 2.35 bits per heavy atom. The summed E-state index contributed by atoms with van der Waals surface area (Å²) in [4.78, 5) is 17.1. The van der Waals surface area contributed by atoms with Crippen LogP contribution in [0.5, 0.6) is 0 Å². The highest BCUT2D eigenvalue weighted by Crippen LogP contribution is 2.20. The van der Waals surface area contributed by atoms with E-state index in [0.717, 1.165) is 55.8 Å². The van der Waals surface area contributed by atoms with Gasteiger partial charge in [-0.2, -0.15) is 0 Å². The number of halogens is 2. The zero-order valence-corrected chi connectivity index (χ0v) is 20.4. The SMILES string of the molecule is CN1CCN(c2ccc(NCc3cn(-c4cccc(NC(=O)c5cc(F)cc(F)c5)c4)nn3)cc2)CC1. The molecule has 5 rings (SSSR count). The minimum absolute atomic E-state index is 0.103. The van der Waals surface area contributed by atoms with Gasteiger partial charge < -0.3 is 20.4 Å². The van der Waals surface area contributed by atoms with Crippen LogP contribution in [-0.2, 0) is 6.54 Å². The van der Waals surface area contributed by atoms with Crippen molar-refractivity contribution < 1.29 is 13.6 Å². The molecule has 1 amide bonds. The van der Waals surface area contributed by atoms with E-state index >= 15 is 0 Å². The summed E-state index contributed by atoms with van der Waals surface area (Å²) in [7, 11) is 2.15. The van der Waals surface area contributed by atoms with Crippen molar-refractivity contribution in [3.05, 3.63) is 95.8 Å². The van der Waals surface area contributed by atoms with E-state index in [0.29, 0.717) is 17.9 Å². The molecule has 0 atom stereocenters. The summed E-state index contributed by atoms with van der Waals surface area (Å²) in [5, 5.41) is 14.4. The number of rotatable bonds is 7. The highest BCUT2D eigenvalue weighted by Gasteiger charge is 2.14. The van der Waals surface area contributed by atoms with Crippen LogP contribution in [0.3, 0.4) is 0 Å². The maximum atomic E-state index is 13.4. The van der Waals surface area contributed by atoms with Gasteiger partial charge in [-0.25, -0.2) is 13.5 Å². The molecule has 4 aromatic rings. The van der Waals surface area contributed by atoms with E-state index in [9.17, 15) is 13.6 Å². The van der Waals surface area contributed by atoms with Gasteiger partial charge in [-0.3, -0.25) is 4.79 Å². The molecule has 3 aromatic carbocycles. The number of benzene rings is 3. The fourth-order valence-electron chi connectivity index (χ4n) is 4.17. The lowest BCUT2D eigenvalue weighted by Crippen LogP contribution is -2.44. The van der Waals surface area contributed by atoms with Crippen LogP contribution in [0.2, 0.25) is 0 Å². The molecule has 2 heterocycles. The molecular weight excluding hydrogens is 476 g/mol. The van der Waals surface area contributed by atoms with Crippen molar-refractivity contribution >= 4 is 23.0 Å². The second kappa shape index (κ2) is 10.8. The molecule has 8 nitrogen and oxygen atoms in total. The minimum Gasteiger partial charge on any atom is -0.379 e. The van der Waals surface area contributed by atoms with Crippen molar-refractivity contribution in [2.24, 2.45) is 0 Å². The van der Waals surface area contributed by atoms with Crippen molar-refractivity contribution in [3.63, 3.8) is 0 Å². The predicted octanol–water partition coefficient (Wildman–Crippen LogP) is 4.16. The fraction of sp³-hybridized carbons (Fsp3) is 0.222. The lowest BCUT2D eigenvalue weighted by molar-refractivity contribution is 0.102. The monoisotopic (exact) mass is 503 g/mol. The molecule has 2 N–H and O–H groups in total. The van der Waals surface area contributed by atoms with E-state index in [4.69, 9.17) is 0 Å². The number of piperazine rings is 1. The van der Waals surface area contributed by atoms with Gasteiger partial charge >= 0.3 is 0 Å². The van der Waals surface area contributed by atoms with Crippen LogP contribution in [0.15, 0.2) is 72.9 Å². The molecule has 1 saturated heterocycles. The average molecular weight is 504 g/mol. The molecule has 0 saturated carbocycles. The van der Waals surface area contributed by atoms with Gasteiger partial charge in [-0.15, -0.1) is 5.10 Å². The first-order valence-electron chi connectivity index (χ1n) is 12.0. The van der Waals surface area contributed by atoms with E-state index in [-0.39, 0.29) is 5.56 Å². The van der Waals surface area contributed by atoms with Crippen LogP contribution in [0.25, 0.3) is 5.69 Å². The smallest absolute Gasteiger partial charge is 0.255 e. The zero-order chi connectivity index (χ0) is 25.8. The van der Waals surface area contributed by atoms with Crippen LogP contribution in [-0.4, -0.2) is 59.0 Å². The summed E-state index contributed by atoms with van der Waals surface area (Å²) < 4.78 is 28.5. The molecule has 0 aliphatic carbocycles. The Labute approximate surface area is 213 Å². The number of hydrogen-bond acceptors (Lipinski definition) is 6. The summed E-state index contributed by atoms with van der Waals surface area (Å²) in [6.45, 7) is 4.69. The standard InChI is InChI=1S/C27H27F2N7O/c1-34-9-11-35(12-10-34)25-7-5-22(6-8-25)30-17-24-18-36(33-32-24)26-4-2-3-23(16-26)31-27(37)19-13-20(28)15-21(29)14-19/h2-8,13-16,18,30H,9-12,17H2,1H3,(H,31,37). The summed E-state index contributed by atoms with van der Waals surface area (Å²) in [5.41, 5.74) is 3.99. The van der Waals surface area contributed by atoms with Gasteiger partial charge in [0.15, 0.2) is 0 Å². The highest BCUT2D eigenvalue weighted by atomic mass is 19.1. The molecule has 10 heteroatoms. The van der Waals surface area contributed by atoms with Gasteiger partial charge in [0.25, 0.3) is 5.91 Å². The topological polar surface area (TPSA) is 78.3 Å². The van der Waals surface area contributed by atoms with Crippen molar-refractivity contribution in [3.8, 4) is 5.69 Å². The molecule has 0 spiro atoms. The lowest BCUT2D eigenvalue weighted by Gasteiger charge is -2.34. The van der Waals surface area contributed by atoms with Crippen molar-refractivity contribution in [2.45, 2.75) is 6.54 Å². The van der Waals surface area contributed by atoms with E-state index in [1.807, 2.05) is 6.07 Å². The lowest BCUT2D eigenvalue weighted by atomic mass is 10.2. The second-order valence-corrected chi connectivity index (χ2v) is 9.01. The second-order valence-electron chi connectivity index (χ2n) is 9.01. The maximum absolute atomic E-state index is 13.4. The number of carbonyl (C=O) groups excluding carboxylic acids is 1. The number of hydrogen-bond donors (Lipinski definition) is 2. The van der Waals surface area contributed by atoms with Crippen LogP contribution < -0.4 is 15.5 Å². The number of nitrogens with one attached hydrogen (secondary N) is 2. The summed E-state index contributed by atoms with van der Waals surface area (Å²) in [5.74, 6) is -2.24. The third-order valence-electron chi connectivity index (χ3n) is 6.24. The van der Waals surface area contributed by atoms with Gasteiger partial charge in [0.1, 0.15) is 17.3 Å².